The maximum absolute atomic E-state index is 14.4. The molecule has 3 rings (SSSR count). The molecule has 1 aliphatic heterocycles. The van der Waals surface area contributed by atoms with Gasteiger partial charge >= 0.3 is 0 Å². The second-order valence-corrected chi connectivity index (χ2v) is 6.84. The van der Waals surface area contributed by atoms with Crippen molar-refractivity contribution < 1.29 is 18.7 Å². The van der Waals surface area contributed by atoms with Crippen LogP contribution >= 0.6 is 0 Å². The van der Waals surface area contributed by atoms with E-state index >= 15 is 0 Å². The first-order valence-electron chi connectivity index (χ1n) is 9.19. The molecule has 1 saturated heterocycles. The van der Waals surface area contributed by atoms with Gasteiger partial charge in [-0.05, 0) is 42.3 Å². The van der Waals surface area contributed by atoms with E-state index in [1.165, 1.54) is 20.1 Å². The Morgan fingerprint density at radius 3 is 2.68 bits per heavy atom. The Bertz CT molecular complexity index is 854. The van der Waals surface area contributed by atoms with E-state index in [2.05, 4.69) is 16.0 Å². The van der Waals surface area contributed by atoms with E-state index in [-0.39, 0.29) is 23.7 Å². The predicted molar refractivity (Wildman–Crippen MR) is 104 cm³/mol. The van der Waals surface area contributed by atoms with Gasteiger partial charge in [0.1, 0.15) is 11.6 Å². The third-order valence-electron chi connectivity index (χ3n) is 4.78. The van der Waals surface area contributed by atoms with Crippen molar-refractivity contribution >= 4 is 17.5 Å². The molecule has 1 heterocycles. The van der Waals surface area contributed by atoms with Crippen LogP contribution < -0.4 is 20.7 Å². The van der Waals surface area contributed by atoms with Crippen LogP contribution in [0.2, 0.25) is 0 Å². The summed E-state index contributed by atoms with van der Waals surface area (Å²) in [7, 11) is 1.52. The second kappa shape index (κ2) is 8.84. The van der Waals surface area contributed by atoms with Crippen LogP contribution in [0.25, 0.3) is 0 Å². The Hall–Kier alpha value is -2.93. The number of halogens is 1. The zero-order chi connectivity index (χ0) is 20.1. The summed E-state index contributed by atoms with van der Waals surface area (Å²) in [5.41, 5.74) is 2.17. The minimum Gasteiger partial charge on any atom is -0.497 e. The van der Waals surface area contributed by atoms with Crippen LogP contribution in [0, 0.1) is 5.82 Å². The van der Waals surface area contributed by atoms with E-state index in [0.717, 1.165) is 11.3 Å². The highest BCUT2D eigenvalue weighted by Gasteiger charge is 2.31. The standard InChI is InChI=1S/C21H24FN3O3/c1-13(26)24-15-5-3-14(4-6-15)12-23-19-9-10-20(27)25-21(19)17-11-16(28-2)7-8-18(17)22/h3-8,11,19,21,23H,9-10,12H2,1-2H3,(H,24,26)(H,25,27)/t19-,21+/m1/s1. The minimum atomic E-state index is -0.477. The Kier molecular flexibility index (Phi) is 6.26. The summed E-state index contributed by atoms with van der Waals surface area (Å²) in [6, 6.07) is 11.4. The van der Waals surface area contributed by atoms with Crippen LogP contribution in [0.1, 0.15) is 36.9 Å². The first-order chi connectivity index (χ1) is 13.5. The SMILES string of the molecule is COc1ccc(F)c([C@@H]2NC(=O)CC[C@H]2NCc2ccc(NC(C)=O)cc2)c1. The highest BCUT2D eigenvalue weighted by atomic mass is 19.1. The van der Waals surface area contributed by atoms with Gasteiger partial charge in [0, 0.05) is 37.2 Å². The molecular weight excluding hydrogens is 361 g/mol. The summed E-state index contributed by atoms with van der Waals surface area (Å²) in [6.45, 7) is 2.02. The van der Waals surface area contributed by atoms with Gasteiger partial charge in [-0.1, -0.05) is 12.1 Å². The predicted octanol–water partition coefficient (Wildman–Crippen LogP) is 2.90. The van der Waals surface area contributed by atoms with Crippen molar-refractivity contribution in [3.05, 3.63) is 59.4 Å². The van der Waals surface area contributed by atoms with Gasteiger partial charge in [0.05, 0.1) is 13.2 Å². The molecule has 2 aromatic rings. The van der Waals surface area contributed by atoms with E-state index < -0.39 is 6.04 Å². The van der Waals surface area contributed by atoms with Gasteiger partial charge in [-0.15, -0.1) is 0 Å². The molecular formula is C21H24FN3O3. The molecule has 1 aliphatic rings. The topological polar surface area (TPSA) is 79.5 Å². The normalized spacial score (nSPS) is 19.0. The van der Waals surface area contributed by atoms with Gasteiger partial charge in [-0.2, -0.15) is 0 Å². The number of benzene rings is 2. The van der Waals surface area contributed by atoms with E-state index in [4.69, 9.17) is 4.74 Å². The van der Waals surface area contributed by atoms with Gasteiger partial charge in [0.15, 0.2) is 0 Å². The zero-order valence-electron chi connectivity index (χ0n) is 15.9. The molecule has 0 aromatic heterocycles. The summed E-state index contributed by atoms with van der Waals surface area (Å²) < 4.78 is 19.6. The number of hydrogen-bond acceptors (Lipinski definition) is 4. The molecule has 1 fully saturated rings. The average molecular weight is 385 g/mol. The number of carbonyl (C=O) groups is 2. The molecule has 0 spiro atoms. The fourth-order valence-electron chi connectivity index (χ4n) is 3.36. The molecule has 2 amide bonds. The Balaban J connectivity index is 1.72. The lowest BCUT2D eigenvalue weighted by Gasteiger charge is -2.33. The fraction of sp³-hybridized carbons (Fsp3) is 0.333. The maximum Gasteiger partial charge on any atom is 0.221 e. The number of amides is 2. The first-order valence-corrected chi connectivity index (χ1v) is 9.19. The summed E-state index contributed by atoms with van der Waals surface area (Å²) >= 11 is 0. The molecule has 6 nitrogen and oxygen atoms in total. The Morgan fingerprint density at radius 2 is 2.00 bits per heavy atom. The Morgan fingerprint density at radius 1 is 1.25 bits per heavy atom. The monoisotopic (exact) mass is 385 g/mol. The molecule has 0 bridgehead atoms. The highest BCUT2D eigenvalue weighted by Crippen LogP contribution is 2.29. The average Bonchev–Trinajstić information content (AvgIpc) is 2.68. The molecule has 0 saturated carbocycles. The fourth-order valence-corrected chi connectivity index (χ4v) is 3.36. The molecule has 0 radical (unpaired) electrons. The van der Waals surface area contributed by atoms with Crippen molar-refractivity contribution in [1.82, 2.24) is 10.6 Å². The second-order valence-electron chi connectivity index (χ2n) is 6.84. The van der Waals surface area contributed by atoms with Crippen LogP contribution in [-0.2, 0) is 16.1 Å². The highest BCUT2D eigenvalue weighted by molar-refractivity contribution is 5.88. The first kappa shape index (κ1) is 19.8. The van der Waals surface area contributed by atoms with E-state index in [1.54, 1.807) is 12.1 Å². The number of methoxy groups -OCH3 is 1. The van der Waals surface area contributed by atoms with Crippen molar-refractivity contribution in [2.24, 2.45) is 0 Å². The largest absolute Gasteiger partial charge is 0.497 e. The van der Waals surface area contributed by atoms with E-state index in [1.807, 2.05) is 24.3 Å². The van der Waals surface area contributed by atoms with Crippen molar-refractivity contribution in [2.45, 2.75) is 38.4 Å². The Labute approximate surface area is 163 Å². The number of carbonyl (C=O) groups excluding carboxylic acids is 2. The smallest absolute Gasteiger partial charge is 0.221 e. The van der Waals surface area contributed by atoms with Gasteiger partial charge in [-0.25, -0.2) is 4.39 Å². The lowest BCUT2D eigenvalue weighted by molar-refractivity contribution is -0.124. The van der Waals surface area contributed by atoms with Crippen molar-refractivity contribution in [1.29, 1.82) is 0 Å². The summed E-state index contributed by atoms with van der Waals surface area (Å²) in [4.78, 5) is 23.0. The third kappa shape index (κ3) is 4.86. The number of hydrogen-bond donors (Lipinski definition) is 3. The van der Waals surface area contributed by atoms with E-state index in [9.17, 15) is 14.0 Å². The number of piperidine rings is 1. The molecule has 0 unspecified atom stereocenters. The molecule has 148 valence electrons. The van der Waals surface area contributed by atoms with Crippen LogP contribution in [0.5, 0.6) is 5.75 Å². The van der Waals surface area contributed by atoms with Crippen LogP contribution in [0.3, 0.4) is 0 Å². The lowest BCUT2D eigenvalue weighted by Crippen LogP contribution is -2.48. The number of ether oxygens (including phenoxy) is 1. The van der Waals surface area contributed by atoms with Crippen molar-refractivity contribution in [2.75, 3.05) is 12.4 Å². The molecule has 28 heavy (non-hydrogen) atoms. The van der Waals surface area contributed by atoms with Gasteiger partial charge < -0.3 is 20.7 Å². The van der Waals surface area contributed by atoms with E-state index in [0.29, 0.717) is 30.7 Å². The zero-order valence-corrected chi connectivity index (χ0v) is 15.9. The van der Waals surface area contributed by atoms with Crippen LogP contribution in [-0.4, -0.2) is 25.0 Å². The molecule has 2 aromatic carbocycles. The van der Waals surface area contributed by atoms with Crippen molar-refractivity contribution in [3.63, 3.8) is 0 Å². The van der Waals surface area contributed by atoms with Crippen LogP contribution in [0.15, 0.2) is 42.5 Å². The van der Waals surface area contributed by atoms with Crippen LogP contribution in [0.4, 0.5) is 10.1 Å². The van der Waals surface area contributed by atoms with Gasteiger partial charge in [-0.3, -0.25) is 9.59 Å². The summed E-state index contributed by atoms with van der Waals surface area (Å²) in [6.07, 6.45) is 0.998. The minimum absolute atomic E-state index is 0.0927. The third-order valence-corrected chi connectivity index (χ3v) is 4.78. The maximum atomic E-state index is 14.4. The molecule has 3 N–H and O–H groups in total. The quantitative estimate of drug-likeness (QED) is 0.714. The summed E-state index contributed by atoms with van der Waals surface area (Å²) in [5, 5.41) is 9.05. The van der Waals surface area contributed by atoms with Gasteiger partial charge in [0.25, 0.3) is 0 Å². The number of anilines is 1. The lowest BCUT2D eigenvalue weighted by atomic mass is 9.91. The molecule has 0 aliphatic carbocycles. The van der Waals surface area contributed by atoms with Crippen molar-refractivity contribution in [3.8, 4) is 5.75 Å². The van der Waals surface area contributed by atoms with Gasteiger partial charge in [0.2, 0.25) is 11.8 Å². The number of nitrogens with one attached hydrogen (secondary N) is 3. The molecule has 7 heteroatoms. The molecule has 2 atom stereocenters. The number of rotatable bonds is 6. The summed E-state index contributed by atoms with van der Waals surface area (Å²) in [5.74, 6) is -0.0418.